The normalized spacial score (nSPS) is 15.1. The van der Waals surface area contributed by atoms with E-state index >= 15 is 0 Å². The van der Waals surface area contributed by atoms with Crippen molar-refractivity contribution in [1.29, 1.82) is 0 Å². The van der Waals surface area contributed by atoms with Gasteiger partial charge in [0.05, 0.1) is 6.61 Å². The van der Waals surface area contributed by atoms with Gasteiger partial charge in [-0.2, -0.15) is 4.98 Å². The molecule has 2 rings (SSSR count). The highest BCUT2D eigenvalue weighted by molar-refractivity contribution is 7.60. The van der Waals surface area contributed by atoms with Crippen LogP contribution in [0.15, 0.2) is 28.8 Å². The molecule has 34 heavy (non-hydrogen) atoms. The molecule has 2 aromatic rings. The summed E-state index contributed by atoms with van der Waals surface area (Å²) in [5.74, 6) is -3.08. The maximum absolute atomic E-state index is 14.2. The Balaban J connectivity index is 2.13. The summed E-state index contributed by atoms with van der Waals surface area (Å²) in [5.41, 5.74) is -1.14. The van der Waals surface area contributed by atoms with Gasteiger partial charge in [-0.15, -0.1) is 0 Å². The van der Waals surface area contributed by atoms with Crippen molar-refractivity contribution in [2.24, 2.45) is 0 Å². The molecule has 0 N–H and O–H groups in total. The van der Waals surface area contributed by atoms with Crippen LogP contribution in [0.25, 0.3) is 0 Å². The van der Waals surface area contributed by atoms with E-state index in [-0.39, 0.29) is 37.3 Å². The Kier molecular flexibility index (Phi) is 9.54. The summed E-state index contributed by atoms with van der Waals surface area (Å²) >= 11 is 0. The quantitative estimate of drug-likeness (QED) is 0.255. The summed E-state index contributed by atoms with van der Waals surface area (Å²) in [5, 5.41) is 3.92. The van der Waals surface area contributed by atoms with Crippen molar-refractivity contribution in [2.75, 3.05) is 13.3 Å². The van der Waals surface area contributed by atoms with Crippen molar-refractivity contribution in [2.45, 2.75) is 83.9 Å². The Morgan fingerprint density at radius 2 is 1.82 bits per heavy atom. The van der Waals surface area contributed by atoms with Crippen LogP contribution in [0.1, 0.15) is 76.7 Å². The van der Waals surface area contributed by atoms with Gasteiger partial charge in [0.25, 0.3) is 5.92 Å². The average molecular weight is 501 g/mol. The second kappa shape index (κ2) is 11.5. The van der Waals surface area contributed by atoms with Crippen LogP contribution < -0.4 is 0 Å². The van der Waals surface area contributed by atoms with Crippen molar-refractivity contribution in [3.8, 4) is 0 Å². The van der Waals surface area contributed by atoms with Crippen LogP contribution in [0.4, 0.5) is 8.78 Å². The largest absolute Gasteiger partial charge is 0.459 e. The molecule has 0 amide bonds. The molecule has 1 aromatic heterocycles. The Hall–Kier alpha value is -2.12. The minimum atomic E-state index is -3.37. The van der Waals surface area contributed by atoms with E-state index in [1.165, 1.54) is 18.8 Å². The molecule has 0 aliphatic carbocycles. The second-order valence-corrected chi connectivity index (χ2v) is 12.1. The molecule has 2 atom stereocenters. The Morgan fingerprint density at radius 1 is 1.18 bits per heavy atom. The molecule has 0 saturated carbocycles. The number of nitrogens with zero attached hydrogens (tertiary/aromatic N) is 2. The number of esters is 1. The number of hydrogen-bond acceptors (Lipinski definition) is 7. The van der Waals surface area contributed by atoms with Gasteiger partial charge in [-0.25, -0.2) is 8.78 Å². The monoisotopic (exact) mass is 500 g/mol. The van der Waals surface area contributed by atoms with Crippen molar-refractivity contribution >= 4 is 13.3 Å². The van der Waals surface area contributed by atoms with Gasteiger partial charge in [-0.3, -0.25) is 9.36 Å². The van der Waals surface area contributed by atoms with Crippen LogP contribution in [0.2, 0.25) is 0 Å². The molecule has 0 fully saturated rings. The highest BCUT2D eigenvalue weighted by Gasteiger charge is 2.40. The Bertz CT molecular complexity index is 986. The lowest BCUT2D eigenvalue weighted by Gasteiger charge is -2.26. The van der Waals surface area contributed by atoms with Gasteiger partial charge < -0.3 is 13.8 Å². The molecule has 1 aromatic carbocycles. The van der Waals surface area contributed by atoms with Gasteiger partial charge in [0.2, 0.25) is 13.3 Å². The van der Waals surface area contributed by atoms with Crippen molar-refractivity contribution in [1.82, 2.24) is 10.1 Å². The van der Waals surface area contributed by atoms with Crippen LogP contribution in [0, 0.1) is 0 Å². The molecule has 10 heteroatoms. The van der Waals surface area contributed by atoms with Gasteiger partial charge in [-0.1, -0.05) is 42.8 Å². The summed E-state index contributed by atoms with van der Waals surface area (Å²) < 4.78 is 57.6. The first-order valence-corrected chi connectivity index (χ1v) is 13.6. The van der Waals surface area contributed by atoms with Crippen molar-refractivity contribution < 1.29 is 31.9 Å². The van der Waals surface area contributed by atoms with Gasteiger partial charge >= 0.3 is 5.97 Å². The number of unbranched alkanes of at least 4 members (excludes halogenated alkanes) is 1. The zero-order valence-corrected chi connectivity index (χ0v) is 21.7. The fourth-order valence-electron chi connectivity index (χ4n) is 3.36. The van der Waals surface area contributed by atoms with E-state index in [0.29, 0.717) is 18.7 Å². The van der Waals surface area contributed by atoms with Gasteiger partial charge in [0.1, 0.15) is 11.3 Å². The predicted molar refractivity (Wildman–Crippen MR) is 125 cm³/mol. The number of alkyl halides is 2. The number of ether oxygens (including phenoxy) is 1. The Labute approximate surface area is 200 Å². The number of carbonyl (C=O) groups is 1. The number of aromatic nitrogens is 2. The summed E-state index contributed by atoms with van der Waals surface area (Å²) in [7, 11) is -3.37. The van der Waals surface area contributed by atoms with E-state index in [1.807, 2.05) is 6.92 Å². The minimum Gasteiger partial charge on any atom is -0.459 e. The molecular weight excluding hydrogens is 465 g/mol. The van der Waals surface area contributed by atoms with Crippen LogP contribution in [-0.2, 0) is 37.4 Å². The molecule has 0 saturated heterocycles. The summed E-state index contributed by atoms with van der Waals surface area (Å²) in [6, 6.07) is 6.06. The van der Waals surface area contributed by atoms with E-state index in [0.717, 1.165) is 5.56 Å². The molecule has 7 nitrogen and oxygen atoms in total. The summed E-state index contributed by atoms with van der Waals surface area (Å²) in [6.07, 6.45) is 1.15. The first-order chi connectivity index (χ1) is 15.8. The van der Waals surface area contributed by atoms with Gasteiger partial charge in [0.15, 0.2) is 5.82 Å². The van der Waals surface area contributed by atoms with Crippen LogP contribution in [-0.4, -0.2) is 40.6 Å². The number of carbonyl (C=O) groups excluding carboxylic acids is 1. The minimum absolute atomic E-state index is 0.0201. The van der Waals surface area contributed by atoms with E-state index in [9.17, 15) is 18.1 Å². The average Bonchev–Trinajstić information content (AvgIpc) is 3.16. The standard InChI is InChI=1S/C24H35F2N2O5P/c1-7-9-14-24(25,26)18-12-10-17(11-13-18)15-20-27-21(33-28-20)16-19(34(6,30)31-8-2)22(29)32-23(3,4)5/h10-13,19H,7-9,14-16H2,1-6H3. The molecule has 0 radical (unpaired) electrons. The smallest absolute Gasteiger partial charge is 0.319 e. The Morgan fingerprint density at radius 3 is 2.38 bits per heavy atom. The molecule has 0 aliphatic heterocycles. The van der Waals surface area contributed by atoms with Crippen molar-refractivity contribution in [3.63, 3.8) is 0 Å². The summed E-state index contributed by atoms with van der Waals surface area (Å²) in [6.45, 7) is 10.3. The number of hydrogen-bond donors (Lipinski definition) is 0. The van der Waals surface area contributed by atoms with E-state index in [1.54, 1.807) is 39.8 Å². The number of halogens is 2. The maximum atomic E-state index is 14.2. The molecule has 0 spiro atoms. The van der Waals surface area contributed by atoms with Crippen LogP contribution in [0.3, 0.4) is 0 Å². The molecule has 190 valence electrons. The lowest BCUT2D eigenvalue weighted by Crippen LogP contribution is -2.33. The SMILES string of the molecule is CCCCC(F)(F)c1ccc(Cc2noc(CC(C(=O)OC(C)(C)C)P(C)(=O)OCC)n2)cc1. The first kappa shape index (κ1) is 28.1. The fourth-order valence-corrected chi connectivity index (χ4v) is 4.98. The topological polar surface area (TPSA) is 91.5 Å². The highest BCUT2D eigenvalue weighted by Crippen LogP contribution is 2.50. The molecular formula is C24H35F2N2O5P. The zero-order chi connectivity index (χ0) is 25.6. The van der Waals surface area contributed by atoms with E-state index < -0.39 is 30.5 Å². The van der Waals surface area contributed by atoms with Crippen LogP contribution in [0.5, 0.6) is 0 Å². The maximum Gasteiger partial charge on any atom is 0.319 e. The lowest BCUT2D eigenvalue weighted by molar-refractivity contribution is -0.154. The van der Waals surface area contributed by atoms with Gasteiger partial charge in [-0.05, 0) is 39.7 Å². The number of rotatable bonds is 12. The van der Waals surface area contributed by atoms with Gasteiger partial charge in [0, 0.05) is 31.5 Å². The molecule has 0 aliphatic rings. The van der Waals surface area contributed by atoms with Crippen LogP contribution >= 0.6 is 7.37 Å². The fraction of sp³-hybridized carbons (Fsp3) is 0.625. The summed E-state index contributed by atoms with van der Waals surface area (Å²) in [4.78, 5) is 17.0. The highest BCUT2D eigenvalue weighted by atomic mass is 31.2. The second-order valence-electron chi connectivity index (χ2n) is 9.37. The zero-order valence-electron chi connectivity index (χ0n) is 20.8. The van der Waals surface area contributed by atoms with E-state index in [4.69, 9.17) is 13.8 Å². The molecule has 1 heterocycles. The predicted octanol–water partition coefficient (Wildman–Crippen LogP) is 6.14. The number of benzene rings is 1. The third-order valence-electron chi connectivity index (χ3n) is 5.09. The van der Waals surface area contributed by atoms with E-state index in [2.05, 4.69) is 10.1 Å². The lowest BCUT2D eigenvalue weighted by atomic mass is 10.0. The molecule has 2 unspecified atom stereocenters. The third kappa shape index (κ3) is 8.27. The molecule has 0 bridgehead atoms. The first-order valence-electron chi connectivity index (χ1n) is 11.5. The third-order valence-corrected chi connectivity index (χ3v) is 7.39. The van der Waals surface area contributed by atoms with Crippen molar-refractivity contribution in [3.05, 3.63) is 47.1 Å².